The molecule has 0 saturated carbocycles. The lowest BCUT2D eigenvalue weighted by molar-refractivity contribution is 0.341. The highest BCUT2D eigenvalue weighted by molar-refractivity contribution is 5.66. The first kappa shape index (κ1) is 12.9. The Labute approximate surface area is 119 Å². The Morgan fingerprint density at radius 1 is 1.30 bits per heavy atom. The molecular formula is C16H19N3O. The molecule has 4 nitrogen and oxygen atoms in total. The molecule has 0 atom stereocenters. The summed E-state index contributed by atoms with van der Waals surface area (Å²) in [4.78, 5) is 4.39. The van der Waals surface area contributed by atoms with Crippen LogP contribution in [0.25, 0.3) is 0 Å². The first-order valence-corrected chi connectivity index (χ1v) is 7.05. The van der Waals surface area contributed by atoms with Crippen LogP contribution >= 0.6 is 0 Å². The number of pyridine rings is 1. The van der Waals surface area contributed by atoms with Crippen molar-refractivity contribution in [3.8, 4) is 5.75 Å². The molecule has 0 spiro atoms. The maximum atomic E-state index is 5.62. The third-order valence-electron chi connectivity index (χ3n) is 3.46. The van der Waals surface area contributed by atoms with Crippen molar-refractivity contribution in [1.82, 2.24) is 10.3 Å². The van der Waals surface area contributed by atoms with Gasteiger partial charge in [-0.1, -0.05) is 12.1 Å². The predicted octanol–water partition coefficient (Wildman–Crippen LogP) is 2.87. The fourth-order valence-corrected chi connectivity index (χ4v) is 2.53. The van der Waals surface area contributed by atoms with Gasteiger partial charge in [-0.15, -0.1) is 0 Å². The van der Waals surface area contributed by atoms with E-state index < -0.39 is 0 Å². The molecule has 2 aromatic rings. The van der Waals surface area contributed by atoms with Crippen LogP contribution in [-0.4, -0.2) is 18.1 Å². The number of rotatable bonds is 4. The molecule has 0 unspecified atom stereocenters. The summed E-state index contributed by atoms with van der Waals surface area (Å²) in [6.45, 7) is 4.57. The number of hydrogen-bond acceptors (Lipinski definition) is 4. The highest BCUT2D eigenvalue weighted by Crippen LogP contribution is 2.29. The van der Waals surface area contributed by atoms with E-state index in [1.807, 2.05) is 19.1 Å². The molecule has 1 aromatic carbocycles. The topological polar surface area (TPSA) is 46.2 Å². The maximum absolute atomic E-state index is 5.62. The van der Waals surface area contributed by atoms with Gasteiger partial charge in [-0.05, 0) is 49.2 Å². The zero-order valence-electron chi connectivity index (χ0n) is 11.6. The van der Waals surface area contributed by atoms with E-state index >= 15 is 0 Å². The van der Waals surface area contributed by atoms with Gasteiger partial charge in [0.05, 0.1) is 6.61 Å². The Bertz CT molecular complexity index is 598. The van der Waals surface area contributed by atoms with Crippen molar-refractivity contribution < 1.29 is 4.74 Å². The number of benzene rings is 1. The monoisotopic (exact) mass is 269 g/mol. The van der Waals surface area contributed by atoms with Crippen molar-refractivity contribution in [2.45, 2.75) is 19.9 Å². The highest BCUT2D eigenvalue weighted by Gasteiger charge is 2.14. The zero-order chi connectivity index (χ0) is 13.8. The molecule has 1 aromatic heterocycles. The minimum absolute atomic E-state index is 0.636. The molecule has 20 heavy (non-hydrogen) atoms. The Morgan fingerprint density at radius 3 is 3.15 bits per heavy atom. The minimum Gasteiger partial charge on any atom is -0.490 e. The highest BCUT2D eigenvalue weighted by atomic mass is 16.5. The summed E-state index contributed by atoms with van der Waals surface area (Å²) >= 11 is 0. The summed E-state index contributed by atoms with van der Waals surface area (Å²) in [5.41, 5.74) is 3.86. The van der Waals surface area contributed by atoms with Gasteiger partial charge in [0.25, 0.3) is 0 Å². The van der Waals surface area contributed by atoms with E-state index in [0.29, 0.717) is 6.61 Å². The van der Waals surface area contributed by atoms with E-state index in [1.54, 1.807) is 6.20 Å². The molecule has 3 rings (SSSR count). The Balaban J connectivity index is 1.92. The predicted molar refractivity (Wildman–Crippen MR) is 80.5 cm³/mol. The first-order valence-electron chi connectivity index (χ1n) is 7.05. The number of aromatic nitrogens is 1. The van der Waals surface area contributed by atoms with Gasteiger partial charge in [-0.3, -0.25) is 0 Å². The van der Waals surface area contributed by atoms with Crippen molar-refractivity contribution in [2.24, 2.45) is 0 Å². The molecule has 104 valence electrons. The maximum Gasteiger partial charge on any atom is 0.173 e. The molecule has 0 fully saturated rings. The lowest BCUT2D eigenvalue weighted by Crippen LogP contribution is -2.24. The average molecular weight is 269 g/mol. The molecule has 4 heteroatoms. The van der Waals surface area contributed by atoms with Gasteiger partial charge in [-0.25, -0.2) is 4.98 Å². The molecule has 0 saturated heterocycles. The van der Waals surface area contributed by atoms with E-state index in [0.717, 1.165) is 36.8 Å². The standard InChI is InChI=1S/C16H19N3O/c1-2-20-15-7-4-9-18-16(15)19-14-6-3-5-12-11-17-10-8-13(12)14/h3-7,9,17H,2,8,10-11H2,1H3,(H,18,19). The summed E-state index contributed by atoms with van der Waals surface area (Å²) in [5, 5.41) is 6.82. The number of anilines is 2. The first-order chi connectivity index (χ1) is 9.88. The molecule has 2 heterocycles. The normalized spacial score (nSPS) is 13.7. The van der Waals surface area contributed by atoms with Gasteiger partial charge in [0.2, 0.25) is 0 Å². The lowest BCUT2D eigenvalue weighted by atomic mass is 9.99. The lowest BCUT2D eigenvalue weighted by Gasteiger charge is -2.21. The minimum atomic E-state index is 0.636. The van der Waals surface area contributed by atoms with Crippen LogP contribution in [0.4, 0.5) is 11.5 Å². The van der Waals surface area contributed by atoms with Crippen molar-refractivity contribution >= 4 is 11.5 Å². The van der Waals surface area contributed by atoms with Crippen LogP contribution in [0.1, 0.15) is 18.1 Å². The van der Waals surface area contributed by atoms with Crippen molar-refractivity contribution in [1.29, 1.82) is 0 Å². The zero-order valence-corrected chi connectivity index (χ0v) is 11.6. The molecule has 2 N–H and O–H groups in total. The number of fused-ring (bicyclic) bond motifs is 1. The molecule has 0 bridgehead atoms. The summed E-state index contributed by atoms with van der Waals surface area (Å²) in [5.74, 6) is 1.57. The largest absolute Gasteiger partial charge is 0.490 e. The van der Waals surface area contributed by atoms with Crippen molar-refractivity contribution in [2.75, 3.05) is 18.5 Å². The van der Waals surface area contributed by atoms with E-state index in [4.69, 9.17) is 4.74 Å². The molecule has 0 radical (unpaired) electrons. The number of ether oxygens (including phenoxy) is 1. The Morgan fingerprint density at radius 2 is 2.25 bits per heavy atom. The van der Waals surface area contributed by atoms with Crippen LogP contribution in [0, 0.1) is 0 Å². The van der Waals surface area contributed by atoms with Crippen LogP contribution in [0.15, 0.2) is 36.5 Å². The van der Waals surface area contributed by atoms with Crippen LogP contribution in [0.3, 0.4) is 0 Å². The van der Waals surface area contributed by atoms with E-state index in [2.05, 4.69) is 33.8 Å². The summed E-state index contributed by atoms with van der Waals surface area (Å²) in [6, 6.07) is 10.2. The van der Waals surface area contributed by atoms with E-state index in [9.17, 15) is 0 Å². The Hall–Kier alpha value is -2.07. The molecule has 1 aliphatic heterocycles. The number of hydrogen-bond donors (Lipinski definition) is 2. The van der Waals surface area contributed by atoms with Crippen molar-refractivity contribution in [3.63, 3.8) is 0 Å². The SMILES string of the molecule is CCOc1cccnc1Nc1cccc2c1CCNC2. The fraction of sp³-hybridized carbons (Fsp3) is 0.312. The second-order valence-electron chi connectivity index (χ2n) is 4.78. The second-order valence-corrected chi connectivity index (χ2v) is 4.78. The van der Waals surface area contributed by atoms with Gasteiger partial charge in [-0.2, -0.15) is 0 Å². The number of nitrogens with zero attached hydrogens (tertiary/aromatic N) is 1. The Kier molecular flexibility index (Phi) is 3.83. The second kappa shape index (κ2) is 5.92. The third-order valence-corrected chi connectivity index (χ3v) is 3.46. The smallest absolute Gasteiger partial charge is 0.173 e. The van der Waals surface area contributed by atoms with Gasteiger partial charge in [0, 0.05) is 18.4 Å². The summed E-state index contributed by atoms with van der Waals surface area (Å²) in [7, 11) is 0. The third kappa shape index (κ3) is 2.60. The number of nitrogens with one attached hydrogen (secondary N) is 2. The molecule has 0 amide bonds. The van der Waals surface area contributed by atoms with Crippen LogP contribution in [0.5, 0.6) is 5.75 Å². The average Bonchev–Trinajstić information content (AvgIpc) is 2.50. The molecular weight excluding hydrogens is 250 g/mol. The summed E-state index contributed by atoms with van der Waals surface area (Å²) in [6.07, 6.45) is 2.82. The van der Waals surface area contributed by atoms with Crippen molar-refractivity contribution in [3.05, 3.63) is 47.7 Å². The van der Waals surface area contributed by atoms with Gasteiger partial charge < -0.3 is 15.4 Å². The quantitative estimate of drug-likeness (QED) is 0.896. The van der Waals surface area contributed by atoms with Crippen LogP contribution < -0.4 is 15.4 Å². The van der Waals surface area contributed by atoms with E-state index in [1.165, 1.54) is 11.1 Å². The van der Waals surface area contributed by atoms with Gasteiger partial charge in [0.15, 0.2) is 11.6 Å². The van der Waals surface area contributed by atoms with E-state index in [-0.39, 0.29) is 0 Å². The van der Waals surface area contributed by atoms with Gasteiger partial charge >= 0.3 is 0 Å². The van der Waals surface area contributed by atoms with Crippen LogP contribution in [-0.2, 0) is 13.0 Å². The summed E-state index contributed by atoms with van der Waals surface area (Å²) < 4.78 is 5.62. The van der Waals surface area contributed by atoms with Gasteiger partial charge in [0.1, 0.15) is 0 Å². The fourth-order valence-electron chi connectivity index (χ4n) is 2.53. The molecule has 0 aliphatic carbocycles. The molecule has 1 aliphatic rings. The van der Waals surface area contributed by atoms with Crippen LogP contribution in [0.2, 0.25) is 0 Å².